The molecule has 94 valence electrons. The Labute approximate surface area is 99.7 Å². The van der Waals surface area contributed by atoms with Crippen LogP contribution in [0.3, 0.4) is 0 Å². The van der Waals surface area contributed by atoms with E-state index in [-0.39, 0.29) is 12.1 Å². The number of rotatable bonds is 2. The maximum atomic E-state index is 5.62. The van der Waals surface area contributed by atoms with Crippen LogP contribution in [0.2, 0.25) is 0 Å². The van der Waals surface area contributed by atoms with Crippen LogP contribution in [0.15, 0.2) is 4.52 Å². The summed E-state index contributed by atoms with van der Waals surface area (Å²) in [5.74, 6) is 1.28. The zero-order chi connectivity index (χ0) is 11.5. The summed E-state index contributed by atoms with van der Waals surface area (Å²) in [4.78, 5) is 4.41. The number of hydrogen-bond donors (Lipinski definition) is 1. The van der Waals surface area contributed by atoms with E-state index in [1.54, 1.807) is 0 Å². The van der Waals surface area contributed by atoms with Crippen molar-refractivity contribution in [1.29, 1.82) is 0 Å². The molecular weight excluding hydrogens is 222 g/mol. The molecule has 2 unspecified atom stereocenters. The molecule has 0 spiro atoms. The largest absolute Gasteiger partial charge is 0.378 e. The van der Waals surface area contributed by atoms with Crippen molar-refractivity contribution < 1.29 is 14.0 Å². The minimum Gasteiger partial charge on any atom is -0.378 e. The van der Waals surface area contributed by atoms with Crippen LogP contribution in [0.1, 0.15) is 43.1 Å². The fourth-order valence-electron chi connectivity index (χ4n) is 2.19. The second-order valence-electron chi connectivity index (χ2n) is 4.43. The summed E-state index contributed by atoms with van der Waals surface area (Å²) in [7, 11) is 0. The van der Waals surface area contributed by atoms with Gasteiger partial charge < -0.3 is 19.3 Å². The van der Waals surface area contributed by atoms with Crippen LogP contribution >= 0.6 is 0 Å². The number of morpholine rings is 1. The molecule has 1 aromatic rings. The Morgan fingerprint density at radius 1 is 1.24 bits per heavy atom. The molecule has 1 aromatic heterocycles. The maximum Gasteiger partial charge on any atom is 0.255 e. The minimum atomic E-state index is -0.0190. The summed E-state index contributed by atoms with van der Waals surface area (Å²) in [6, 6.07) is 0.0461. The van der Waals surface area contributed by atoms with Gasteiger partial charge in [-0.1, -0.05) is 5.16 Å². The van der Waals surface area contributed by atoms with Crippen LogP contribution in [0.5, 0.6) is 0 Å². The van der Waals surface area contributed by atoms with E-state index in [9.17, 15) is 0 Å². The first-order chi connectivity index (χ1) is 8.43. The van der Waals surface area contributed by atoms with E-state index in [4.69, 9.17) is 14.0 Å². The number of nitrogens with one attached hydrogen (secondary N) is 1. The van der Waals surface area contributed by atoms with Gasteiger partial charge in [0, 0.05) is 13.2 Å². The summed E-state index contributed by atoms with van der Waals surface area (Å²) in [5, 5.41) is 7.31. The van der Waals surface area contributed by atoms with E-state index in [1.165, 1.54) is 0 Å². The van der Waals surface area contributed by atoms with Crippen LogP contribution in [-0.2, 0) is 9.47 Å². The molecule has 0 aromatic carbocycles. The fraction of sp³-hybridized carbons (Fsp3) is 0.818. The molecule has 3 heterocycles. The number of aromatic nitrogens is 2. The number of nitrogens with zero attached hydrogens (tertiary/aromatic N) is 2. The lowest BCUT2D eigenvalue weighted by molar-refractivity contribution is -0.00459. The third-order valence-electron chi connectivity index (χ3n) is 3.15. The molecule has 0 aliphatic carbocycles. The Kier molecular flexibility index (Phi) is 3.35. The average Bonchev–Trinajstić information content (AvgIpc) is 2.90. The smallest absolute Gasteiger partial charge is 0.255 e. The number of ether oxygens (including phenoxy) is 2. The molecule has 2 atom stereocenters. The number of hydrogen-bond acceptors (Lipinski definition) is 6. The molecule has 2 saturated heterocycles. The van der Waals surface area contributed by atoms with Crippen molar-refractivity contribution in [2.45, 2.75) is 31.4 Å². The van der Waals surface area contributed by atoms with Gasteiger partial charge in [0.25, 0.3) is 5.89 Å². The van der Waals surface area contributed by atoms with Crippen LogP contribution < -0.4 is 5.32 Å². The average molecular weight is 239 g/mol. The van der Waals surface area contributed by atoms with Crippen LogP contribution in [0.4, 0.5) is 0 Å². The Bertz CT molecular complexity index is 324. The lowest BCUT2D eigenvalue weighted by Crippen LogP contribution is -2.35. The second-order valence-corrected chi connectivity index (χ2v) is 4.43. The molecule has 2 fully saturated rings. The minimum absolute atomic E-state index is 0.0190. The first-order valence-corrected chi connectivity index (χ1v) is 6.20. The van der Waals surface area contributed by atoms with Gasteiger partial charge in [-0.05, 0) is 19.3 Å². The quantitative estimate of drug-likeness (QED) is 0.829. The van der Waals surface area contributed by atoms with E-state index >= 15 is 0 Å². The van der Waals surface area contributed by atoms with E-state index < -0.39 is 0 Å². The van der Waals surface area contributed by atoms with E-state index in [2.05, 4.69) is 15.5 Å². The summed E-state index contributed by atoms with van der Waals surface area (Å²) >= 11 is 0. The molecule has 1 N–H and O–H groups in total. The molecular formula is C11H17N3O3. The molecule has 0 radical (unpaired) electrons. The Morgan fingerprint density at radius 3 is 3.00 bits per heavy atom. The van der Waals surface area contributed by atoms with Gasteiger partial charge in [0.1, 0.15) is 6.10 Å². The Hall–Kier alpha value is -0.980. The predicted octanol–water partition coefficient (Wildman–Crippen LogP) is 0.972. The van der Waals surface area contributed by atoms with Crippen molar-refractivity contribution in [2.24, 2.45) is 0 Å². The fourth-order valence-corrected chi connectivity index (χ4v) is 2.19. The molecule has 0 amide bonds. The van der Waals surface area contributed by atoms with E-state index in [0.29, 0.717) is 18.3 Å². The summed E-state index contributed by atoms with van der Waals surface area (Å²) in [6.45, 7) is 2.96. The highest BCUT2D eigenvalue weighted by atomic mass is 16.5. The van der Waals surface area contributed by atoms with Crippen LogP contribution in [0, 0.1) is 0 Å². The van der Waals surface area contributed by atoms with Crippen LogP contribution in [0.25, 0.3) is 0 Å². The van der Waals surface area contributed by atoms with E-state index in [1.807, 2.05) is 0 Å². The topological polar surface area (TPSA) is 69.4 Å². The van der Waals surface area contributed by atoms with Crippen molar-refractivity contribution in [3.8, 4) is 0 Å². The van der Waals surface area contributed by atoms with Crippen molar-refractivity contribution >= 4 is 0 Å². The first kappa shape index (κ1) is 11.1. The van der Waals surface area contributed by atoms with Gasteiger partial charge in [0.05, 0.1) is 19.3 Å². The lowest BCUT2D eigenvalue weighted by Gasteiger charge is -2.21. The molecule has 6 nitrogen and oxygen atoms in total. The molecule has 6 heteroatoms. The summed E-state index contributed by atoms with van der Waals surface area (Å²) in [5.41, 5.74) is 0. The van der Waals surface area contributed by atoms with Gasteiger partial charge in [0.2, 0.25) is 0 Å². The van der Waals surface area contributed by atoms with Gasteiger partial charge in [0.15, 0.2) is 5.82 Å². The standard InChI is InChI=1S/C11H17N3O3/c1-2-5-16-9(3-1)11-13-10(14-17-11)8-7-15-6-4-12-8/h8-9,12H,1-7H2. The monoisotopic (exact) mass is 239 g/mol. The van der Waals surface area contributed by atoms with Crippen molar-refractivity contribution in [3.63, 3.8) is 0 Å². The van der Waals surface area contributed by atoms with Gasteiger partial charge in [-0.2, -0.15) is 4.98 Å². The van der Waals surface area contributed by atoms with Gasteiger partial charge >= 0.3 is 0 Å². The van der Waals surface area contributed by atoms with Gasteiger partial charge in [-0.25, -0.2) is 0 Å². The van der Waals surface area contributed by atoms with Crippen molar-refractivity contribution in [1.82, 2.24) is 15.5 Å². The van der Waals surface area contributed by atoms with E-state index in [0.717, 1.165) is 39.0 Å². The molecule has 2 aliphatic rings. The molecule has 0 saturated carbocycles. The van der Waals surface area contributed by atoms with Gasteiger partial charge in [-0.15, -0.1) is 0 Å². The second kappa shape index (κ2) is 5.12. The molecule has 0 bridgehead atoms. The Morgan fingerprint density at radius 2 is 2.24 bits per heavy atom. The first-order valence-electron chi connectivity index (χ1n) is 6.20. The third-order valence-corrected chi connectivity index (χ3v) is 3.15. The van der Waals surface area contributed by atoms with Crippen molar-refractivity contribution in [2.75, 3.05) is 26.4 Å². The molecule has 17 heavy (non-hydrogen) atoms. The zero-order valence-electron chi connectivity index (χ0n) is 9.72. The van der Waals surface area contributed by atoms with Crippen molar-refractivity contribution in [3.05, 3.63) is 11.7 Å². The highest BCUT2D eigenvalue weighted by molar-refractivity contribution is 4.97. The molecule has 2 aliphatic heterocycles. The Balaban J connectivity index is 1.68. The highest BCUT2D eigenvalue weighted by Gasteiger charge is 2.26. The third kappa shape index (κ3) is 2.48. The lowest BCUT2D eigenvalue weighted by atomic mass is 10.1. The zero-order valence-corrected chi connectivity index (χ0v) is 9.72. The highest BCUT2D eigenvalue weighted by Crippen LogP contribution is 2.27. The van der Waals surface area contributed by atoms with Crippen LogP contribution in [-0.4, -0.2) is 36.5 Å². The molecule has 3 rings (SSSR count). The SMILES string of the molecule is C1CCC(c2nc(C3COCCN3)no2)OC1. The maximum absolute atomic E-state index is 5.62. The summed E-state index contributed by atoms with van der Waals surface area (Å²) in [6.07, 6.45) is 3.23. The normalized spacial score (nSPS) is 30.4. The predicted molar refractivity (Wildman–Crippen MR) is 58.4 cm³/mol. The summed E-state index contributed by atoms with van der Waals surface area (Å²) < 4.78 is 16.3. The van der Waals surface area contributed by atoms with Gasteiger partial charge in [-0.3, -0.25) is 0 Å².